The summed E-state index contributed by atoms with van der Waals surface area (Å²) in [6.45, 7) is 1.91. The predicted octanol–water partition coefficient (Wildman–Crippen LogP) is 5.41. The molecule has 1 aliphatic carbocycles. The molecular weight excluding hydrogens is 353 g/mol. The van der Waals surface area contributed by atoms with E-state index in [0.29, 0.717) is 17.4 Å². The van der Waals surface area contributed by atoms with Crippen LogP contribution in [0.3, 0.4) is 0 Å². The van der Waals surface area contributed by atoms with Crippen LogP contribution >= 0.6 is 11.6 Å². The van der Waals surface area contributed by atoms with Crippen molar-refractivity contribution < 1.29 is 14.0 Å². The molecule has 1 aliphatic rings. The van der Waals surface area contributed by atoms with E-state index in [4.69, 9.17) is 11.6 Å². The highest BCUT2D eigenvalue weighted by atomic mass is 35.5. The molecule has 0 spiro atoms. The zero-order chi connectivity index (χ0) is 18.4. The SMILES string of the molecule is Cc1c(C(=O)C2CC2)cnc2ccc(-c3cc(F)c(C=O)c(Cl)c3)cc12. The van der Waals surface area contributed by atoms with Gasteiger partial charge in [-0.05, 0) is 60.7 Å². The Balaban J connectivity index is 1.85. The topological polar surface area (TPSA) is 47.0 Å². The molecule has 0 atom stereocenters. The van der Waals surface area contributed by atoms with Gasteiger partial charge < -0.3 is 0 Å². The lowest BCUT2D eigenvalue weighted by atomic mass is 9.96. The van der Waals surface area contributed by atoms with Gasteiger partial charge in [0.2, 0.25) is 0 Å². The molecule has 0 radical (unpaired) electrons. The lowest BCUT2D eigenvalue weighted by Crippen LogP contribution is -2.05. The van der Waals surface area contributed by atoms with E-state index in [0.717, 1.165) is 34.9 Å². The van der Waals surface area contributed by atoms with Crippen molar-refractivity contribution in [1.29, 1.82) is 0 Å². The van der Waals surface area contributed by atoms with Crippen LogP contribution < -0.4 is 0 Å². The molecule has 4 rings (SSSR count). The highest BCUT2D eigenvalue weighted by Crippen LogP contribution is 2.35. The molecule has 130 valence electrons. The predicted molar refractivity (Wildman–Crippen MR) is 99.3 cm³/mol. The molecule has 0 unspecified atom stereocenters. The summed E-state index contributed by atoms with van der Waals surface area (Å²) in [6.07, 6.45) is 3.94. The standard InChI is InChI=1S/C21H15ClFNO2/c1-11-15-6-13(14-7-18(22)17(10-25)19(23)8-14)4-5-20(15)24-9-16(11)21(26)12-2-3-12/h4-10,12H,2-3H2,1H3. The van der Waals surface area contributed by atoms with Crippen LogP contribution in [0.25, 0.3) is 22.0 Å². The maximum atomic E-state index is 14.1. The summed E-state index contributed by atoms with van der Waals surface area (Å²) < 4.78 is 14.1. The minimum atomic E-state index is -0.657. The monoisotopic (exact) mass is 367 g/mol. The van der Waals surface area contributed by atoms with Crippen molar-refractivity contribution in [2.24, 2.45) is 5.92 Å². The van der Waals surface area contributed by atoms with E-state index < -0.39 is 5.82 Å². The van der Waals surface area contributed by atoms with Gasteiger partial charge in [0.25, 0.3) is 0 Å². The molecule has 3 aromatic rings. The number of carbonyl (C=O) groups is 2. The Bertz CT molecular complexity index is 1050. The second-order valence-corrected chi connectivity index (χ2v) is 7.05. The number of aromatic nitrogens is 1. The minimum absolute atomic E-state index is 0.0719. The average molecular weight is 368 g/mol. The molecule has 26 heavy (non-hydrogen) atoms. The third-order valence-electron chi connectivity index (χ3n) is 4.88. The highest BCUT2D eigenvalue weighted by Gasteiger charge is 2.31. The third kappa shape index (κ3) is 2.80. The number of fused-ring (bicyclic) bond motifs is 1. The molecule has 1 heterocycles. The van der Waals surface area contributed by atoms with E-state index in [9.17, 15) is 14.0 Å². The van der Waals surface area contributed by atoms with E-state index in [1.54, 1.807) is 12.3 Å². The van der Waals surface area contributed by atoms with E-state index in [-0.39, 0.29) is 22.3 Å². The van der Waals surface area contributed by atoms with Crippen molar-refractivity contribution >= 4 is 34.6 Å². The fraction of sp³-hybridized carbons (Fsp3) is 0.190. The molecule has 3 nitrogen and oxygen atoms in total. The van der Waals surface area contributed by atoms with Crippen molar-refractivity contribution in [2.75, 3.05) is 0 Å². The molecule has 0 aliphatic heterocycles. The number of benzene rings is 2. The molecule has 0 bridgehead atoms. The molecule has 0 amide bonds. The Hall–Kier alpha value is -2.59. The zero-order valence-corrected chi connectivity index (χ0v) is 14.8. The number of aldehydes is 1. The second kappa shape index (κ2) is 6.29. The fourth-order valence-electron chi connectivity index (χ4n) is 3.18. The Morgan fingerprint density at radius 1 is 1.23 bits per heavy atom. The summed E-state index contributed by atoms with van der Waals surface area (Å²) in [7, 11) is 0. The van der Waals surface area contributed by atoms with Gasteiger partial charge in [0, 0.05) is 23.1 Å². The molecule has 1 saturated carbocycles. The first kappa shape index (κ1) is 16.9. The molecule has 1 fully saturated rings. The summed E-state index contributed by atoms with van der Waals surface area (Å²) in [4.78, 5) is 27.8. The highest BCUT2D eigenvalue weighted by molar-refractivity contribution is 6.33. The number of nitrogens with zero attached hydrogens (tertiary/aromatic N) is 1. The summed E-state index contributed by atoms with van der Waals surface area (Å²) in [5.41, 5.74) is 3.47. The summed E-state index contributed by atoms with van der Waals surface area (Å²) in [5.74, 6) is -0.387. The van der Waals surface area contributed by atoms with Crippen molar-refractivity contribution in [2.45, 2.75) is 19.8 Å². The Morgan fingerprint density at radius 3 is 2.65 bits per heavy atom. The molecule has 1 aromatic heterocycles. The minimum Gasteiger partial charge on any atom is -0.298 e. The number of aryl methyl sites for hydroxylation is 1. The van der Waals surface area contributed by atoms with Gasteiger partial charge in [0.15, 0.2) is 12.1 Å². The summed E-state index contributed by atoms with van der Waals surface area (Å²) in [5, 5.41) is 0.924. The number of ketones is 1. The molecular formula is C21H15ClFNO2. The van der Waals surface area contributed by atoms with Crippen LogP contribution in [0.5, 0.6) is 0 Å². The number of rotatable bonds is 4. The lowest BCUT2D eigenvalue weighted by molar-refractivity contribution is 0.0966. The summed E-state index contributed by atoms with van der Waals surface area (Å²) in [6, 6.07) is 8.40. The maximum Gasteiger partial charge on any atom is 0.167 e. The van der Waals surface area contributed by atoms with Gasteiger partial charge in [-0.2, -0.15) is 0 Å². The van der Waals surface area contributed by atoms with E-state index in [1.807, 2.05) is 25.1 Å². The molecule has 2 aromatic carbocycles. The van der Waals surface area contributed by atoms with Gasteiger partial charge in [0.05, 0.1) is 16.1 Å². The van der Waals surface area contributed by atoms with E-state index in [2.05, 4.69) is 4.98 Å². The van der Waals surface area contributed by atoms with Crippen LogP contribution in [-0.4, -0.2) is 17.1 Å². The first-order valence-electron chi connectivity index (χ1n) is 8.37. The third-order valence-corrected chi connectivity index (χ3v) is 5.19. The van der Waals surface area contributed by atoms with Gasteiger partial charge in [-0.25, -0.2) is 4.39 Å². The number of halogens is 2. The number of carbonyl (C=O) groups excluding carboxylic acids is 2. The zero-order valence-electron chi connectivity index (χ0n) is 14.1. The fourth-order valence-corrected chi connectivity index (χ4v) is 3.43. The van der Waals surface area contributed by atoms with Gasteiger partial charge in [0.1, 0.15) is 5.82 Å². The van der Waals surface area contributed by atoms with Crippen LogP contribution in [0.15, 0.2) is 36.5 Å². The smallest absolute Gasteiger partial charge is 0.167 e. The molecule has 0 saturated heterocycles. The van der Waals surface area contributed by atoms with E-state index >= 15 is 0 Å². The van der Waals surface area contributed by atoms with Crippen LogP contribution in [0.1, 0.15) is 39.1 Å². The Morgan fingerprint density at radius 2 is 2.00 bits per heavy atom. The summed E-state index contributed by atoms with van der Waals surface area (Å²) >= 11 is 6.01. The van der Waals surface area contributed by atoms with Crippen LogP contribution in [0, 0.1) is 18.7 Å². The lowest BCUT2D eigenvalue weighted by Gasteiger charge is -2.10. The Labute approximate surface area is 154 Å². The van der Waals surface area contributed by atoms with Crippen molar-refractivity contribution in [3.8, 4) is 11.1 Å². The van der Waals surface area contributed by atoms with Crippen molar-refractivity contribution in [3.63, 3.8) is 0 Å². The number of Topliss-reactive ketones (excluding diaryl/α,β-unsaturated/α-hetero) is 1. The van der Waals surface area contributed by atoms with Crippen LogP contribution in [0.2, 0.25) is 5.02 Å². The van der Waals surface area contributed by atoms with Gasteiger partial charge >= 0.3 is 0 Å². The maximum absolute atomic E-state index is 14.1. The van der Waals surface area contributed by atoms with Gasteiger partial charge in [-0.3, -0.25) is 14.6 Å². The molecule has 0 N–H and O–H groups in total. The number of hydrogen-bond acceptors (Lipinski definition) is 3. The normalized spacial score (nSPS) is 13.8. The average Bonchev–Trinajstić information content (AvgIpc) is 3.46. The van der Waals surface area contributed by atoms with Crippen LogP contribution in [0.4, 0.5) is 4.39 Å². The van der Waals surface area contributed by atoms with E-state index in [1.165, 1.54) is 6.07 Å². The van der Waals surface area contributed by atoms with Crippen molar-refractivity contribution in [1.82, 2.24) is 4.98 Å². The first-order valence-corrected chi connectivity index (χ1v) is 8.75. The number of hydrogen-bond donors (Lipinski definition) is 0. The second-order valence-electron chi connectivity index (χ2n) is 6.64. The van der Waals surface area contributed by atoms with Crippen molar-refractivity contribution in [3.05, 3.63) is 64.1 Å². The quantitative estimate of drug-likeness (QED) is 0.457. The first-order chi connectivity index (χ1) is 12.5. The Kier molecular flexibility index (Phi) is 4.08. The van der Waals surface area contributed by atoms with Gasteiger partial charge in [-0.15, -0.1) is 0 Å². The number of pyridine rings is 1. The largest absolute Gasteiger partial charge is 0.298 e. The van der Waals surface area contributed by atoms with Gasteiger partial charge in [-0.1, -0.05) is 17.7 Å². The molecule has 5 heteroatoms. The van der Waals surface area contributed by atoms with Crippen LogP contribution in [-0.2, 0) is 0 Å².